The van der Waals surface area contributed by atoms with Gasteiger partial charge in [-0.3, -0.25) is 4.79 Å². The van der Waals surface area contributed by atoms with E-state index in [-0.39, 0.29) is 6.61 Å². The fourth-order valence-corrected chi connectivity index (χ4v) is 1.24. The van der Waals surface area contributed by atoms with Crippen LogP contribution in [0.5, 0.6) is 11.5 Å². The monoisotopic (exact) mass is 252 g/mol. The molecule has 0 aliphatic heterocycles. The Hall–Kier alpha value is -2.04. The number of rotatable bonds is 7. The number of esters is 1. The van der Waals surface area contributed by atoms with Crippen LogP contribution in [0.15, 0.2) is 18.2 Å². The second-order valence-electron chi connectivity index (χ2n) is 3.53. The van der Waals surface area contributed by atoms with Gasteiger partial charge in [0.25, 0.3) is 0 Å². The lowest BCUT2D eigenvalue weighted by atomic mass is 10.2. The number of carbonyl (C=O) groups excluding carboxylic acids is 2. The maximum atomic E-state index is 11.0. The molecule has 0 aliphatic rings. The summed E-state index contributed by atoms with van der Waals surface area (Å²) in [7, 11) is 1.27. The fourth-order valence-electron chi connectivity index (χ4n) is 1.24. The molecule has 0 saturated heterocycles. The van der Waals surface area contributed by atoms with Crippen molar-refractivity contribution in [3.63, 3.8) is 0 Å². The fraction of sp³-hybridized carbons (Fsp3) is 0.385. The Kier molecular flexibility index (Phi) is 5.70. The van der Waals surface area contributed by atoms with Crippen molar-refractivity contribution in [1.29, 1.82) is 0 Å². The molecule has 0 aromatic heterocycles. The zero-order valence-corrected chi connectivity index (χ0v) is 10.5. The van der Waals surface area contributed by atoms with Crippen molar-refractivity contribution in [2.75, 3.05) is 20.3 Å². The summed E-state index contributed by atoms with van der Waals surface area (Å²) >= 11 is 0. The molecule has 0 radical (unpaired) electrons. The highest BCUT2D eigenvalue weighted by Gasteiger charge is 2.08. The summed E-state index contributed by atoms with van der Waals surface area (Å²) in [6.45, 7) is 2.33. The predicted octanol–water partition coefficient (Wildman–Crippen LogP) is 1.84. The van der Waals surface area contributed by atoms with Gasteiger partial charge >= 0.3 is 5.97 Å². The van der Waals surface area contributed by atoms with Gasteiger partial charge in [0.05, 0.1) is 19.3 Å². The SMILES string of the molecule is CCCOc1ccc(C=O)c(OCC(=O)OC)c1. The van der Waals surface area contributed by atoms with Gasteiger partial charge in [0.15, 0.2) is 12.9 Å². The molecule has 0 heterocycles. The lowest BCUT2D eigenvalue weighted by Crippen LogP contribution is -2.13. The molecule has 5 nitrogen and oxygen atoms in total. The van der Waals surface area contributed by atoms with Crippen LogP contribution in [0.1, 0.15) is 23.7 Å². The number of hydrogen-bond donors (Lipinski definition) is 0. The van der Waals surface area contributed by atoms with Crippen molar-refractivity contribution in [3.05, 3.63) is 23.8 Å². The Morgan fingerprint density at radius 2 is 2.11 bits per heavy atom. The molecule has 0 unspecified atom stereocenters. The van der Waals surface area contributed by atoms with Crippen LogP contribution in [0.4, 0.5) is 0 Å². The van der Waals surface area contributed by atoms with Crippen LogP contribution >= 0.6 is 0 Å². The predicted molar refractivity (Wildman–Crippen MR) is 65.1 cm³/mol. The van der Waals surface area contributed by atoms with Crippen LogP contribution in [0.25, 0.3) is 0 Å². The second-order valence-corrected chi connectivity index (χ2v) is 3.53. The number of ether oxygens (including phenoxy) is 3. The molecule has 5 heteroatoms. The van der Waals surface area contributed by atoms with Gasteiger partial charge in [-0.1, -0.05) is 6.92 Å². The van der Waals surface area contributed by atoms with Crippen LogP contribution in [0.2, 0.25) is 0 Å². The van der Waals surface area contributed by atoms with E-state index >= 15 is 0 Å². The van der Waals surface area contributed by atoms with Crippen molar-refractivity contribution in [1.82, 2.24) is 0 Å². The Balaban J connectivity index is 2.78. The first-order valence-electron chi connectivity index (χ1n) is 5.63. The van der Waals surface area contributed by atoms with Crippen molar-refractivity contribution < 1.29 is 23.8 Å². The molecular formula is C13H16O5. The summed E-state index contributed by atoms with van der Waals surface area (Å²) < 4.78 is 15.1. The highest BCUT2D eigenvalue weighted by Crippen LogP contribution is 2.24. The minimum atomic E-state index is -0.508. The smallest absolute Gasteiger partial charge is 0.343 e. The quantitative estimate of drug-likeness (QED) is 0.547. The van der Waals surface area contributed by atoms with Crippen molar-refractivity contribution in [2.24, 2.45) is 0 Å². The molecule has 1 aromatic rings. The average Bonchev–Trinajstić information content (AvgIpc) is 2.42. The van der Waals surface area contributed by atoms with Gasteiger partial charge < -0.3 is 14.2 Å². The van der Waals surface area contributed by atoms with Gasteiger partial charge in [-0.15, -0.1) is 0 Å². The van der Waals surface area contributed by atoms with Gasteiger partial charge in [-0.25, -0.2) is 4.79 Å². The standard InChI is InChI=1S/C13H16O5/c1-3-6-17-11-5-4-10(8-14)12(7-11)18-9-13(15)16-2/h4-5,7-8H,3,6,9H2,1-2H3. The molecule has 0 N–H and O–H groups in total. The maximum Gasteiger partial charge on any atom is 0.343 e. The van der Waals surface area contributed by atoms with E-state index in [1.165, 1.54) is 7.11 Å². The summed E-state index contributed by atoms with van der Waals surface area (Å²) in [6, 6.07) is 4.86. The topological polar surface area (TPSA) is 61.8 Å². The Morgan fingerprint density at radius 3 is 2.72 bits per heavy atom. The van der Waals surface area contributed by atoms with Crippen LogP contribution in [-0.4, -0.2) is 32.6 Å². The Labute approximate surface area is 106 Å². The molecule has 0 aliphatic carbocycles. The van der Waals surface area contributed by atoms with Gasteiger partial charge in [-0.05, 0) is 18.6 Å². The largest absolute Gasteiger partial charge is 0.493 e. The molecule has 1 aromatic carbocycles. The van der Waals surface area contributed by atoms with Crippen molar-refractivity contribution in [2.45, 2.75) is 13.3 Å². The second kappa shape index (κ2) is 7.32. The first-order valence-corrected chi connectivity index (χ1v) is 5.63. The third kappa shape index (κ3) is 4.08. The van der Waals surface area contributed by atoms with E-state index in [1.54, 1.807) is 18.2 Å². The number of benzene rings is 1. The zero-order valence-electron chi connectivity index (χ0n) is 10.5. The van der Waals surface area contributed by atoms with E-state index < -0.39 is 5.97 Å². The molecule has 18 heavy (non-hydrogen) atoms. The summed E-state index contributed by atoms with van der Waals surface area (Å²) in [5.74, 6) is 0.401. The molecule has 0 amide bonds. The first kappa shape index (κ1) is 14.0. The van der Waals surface area contributed by atoms with E-state index in [1.807, 2.05) is 6.92 Å². The van der Waals surface area contributed by atoms with Crippen LogP contribution < -0.4 is 9.47 Å². The molecule has 1 rings (SSSR count). The molecule has 0 bridgehead atoms. The van der Waals surface area contributed by atoms with Crippen LogP contribution in [0.3, 0.4) is 0 Å². The Morgan fingerprint density at radius 1 is 1.33 bits per heavy atom. The van der Waals surface area contributed by atoms with Gasteiger partial charge in [0.2, 0.25) is 0 Å². The van der Waals surface area contributed by atoms with E-state index in [4.69, 9.17) is 9.47 Å². The summed E-state index contributed by atoms with van der Waals surface area (Å²) in [5, 5.41) is 0. The maximum absolute atomic E-state index is 11.0. The first-order chi connectivity index (χ1) is 8.71. The minimum Gasteiger partial charge on any atom is -0.493 e. The number of hydrogen-bond acceptors (Lipinski definition) is 5. The highest BCUT2D eigenvalue weighted by molar-refractivity contribution is 5.80. The number of carbonyl (C=O) groups is 2. The summed E-state index contributed by atoms with van der Waals surface area (Å²) in [4.78, 5) is 21.8. The van der Waals surface area contributed by atoms with Crippen LogP contribution in [-0.2, 0) is 9.53 Å². The lowest BCUT2D eigenvalue weighted by molar-refractivity contribution is -0.142. The molecule has 0 saturated carbocycles. The molecule has 0 fully saturated rings. The van der Waals surface area contributed by atoms with E-state index in [0.717, 1.165) is 6.42 Å². The summed E-state index contributed by atoms with van der Waals surface area (Å²) in [6.07, 6.45) is 1.55. The van der Waals surface area contributed by atoms with Crippen molar-refractivity contribution >= 4 is 12.3 Å². The minimum absolute atomic E-state index is 0.241. The third-order valence-corrected chi connectivity index (χ3v) is 2.16. The normalized spacial score (nSPS) is 9.67. The third-order valence-electron chi connectivity index (χ3n) is 2.16. The molecule has 98 valence electrons. The number of methoxy groups -OCH3 is 1. The average molecular weight is 252 g/mol. The van der Waals surface area contributed by atoms with Crippen molar-refractivity contribution in [3.8, 4) is 11.5 Å². The van der Waals surface area contributed by atoms with E-state index in [0.29, 0.717) is 30.0 Å². The molecule has 0 spiro atoms. The highest BCUT2D eigenvalue weighted by atomic mass is 16.6. The lowest BCUT2D eigenvalue weighted by Gasteiger charge is -2.10. The number of aldehydes is 1. The molecule has 0 atom stereocenters. The van der Waals surface area contributed by atoms with Crippen LogP contribution in [0, 0.1) is 0 Å². The van der Waals surface area contributed by atoms with E-state index in [9.17, 15) is 9.59 Å². The van der Waals surface area contributed by atoms with Gasteiger partial charge in [0, 0.05) is 6.07 Å². The van der Waals surface area contributed by atoms with Gasteiger partial charge in [-0.2, -0.15) is 0 Å². The Bertz CT molecular complexity index is 414. The summed E-state index contributed by atoms with van der Waals surface area (Å²) in [5.41, 5.74) is 0.364. The van der Waals surface area contributed by atoms with Gasteiger partial charge in [0.1, 0.15) is 11.5 Å². The molecular weight excluding hydrogens is 236 g/mol. The van der Waals surface area contributed by atoms with E-state index in [2.05, 4.69) is 4.74 Å². The zero-order chi connectivity index (χ0) is 13.4.